The maximum absolute atomic E-state index is 14.1. The van der Waals surface area contributed by atoms with Gasteiger partial charge in [-0.25, -0.2) is 26.3 Å². The van der Waals surface area contributed by atoms with Crippen LogP contribution < -0.4 is 0 Å². The van der Waals surface area contributed by atoms with Crippen LogP contribution in [0.25, 0.3) is 0 Å². The Bertz CT molecular complexity index is 979. The Balaban J connectivity index is 1.62. The number of halogens is 2. The maximum Gasteiger partial charge on any atom is 0.407 e. The fourth-order valence-electron chi connectivity index (χ4n) is 5.68. The molecule has 36 heavy (non-hydrogen) atoms. The van der Waals surface area contributed by atoms with Crippen molar-refractivity contribution in [1.29, 1.82) is 0 Å². The molecule has 0 spiro atoms. The molecule has 3 rings (SSSR count). The van der Waals surface area contributed by atoms with Gasteiger partial charge in [0, 0.05) is 31.2 Å². The van der Waals surface area contributed by atoms with E-state index in [9.17, 15) is 27.1 Å². The monoisotopic (exact) mass is 529 g/mol. The summed E-state index contributed by atoms with van der Waals surface area (Å²) in [6, 6.07) is 3.71. The third kappa shape index (κ3) is 7.86. The van der Waals surface area contributed by atoms with Crippen molar-refractivity contribution in [2.45, 2.75) is 64.3 Å². The van der Waals surface area contributed by atoms with Crippen molar-refractivity contribution in [2.24, 2.45) is 11.8 Å². The predicted molar refractivity (Wildman–Crippen MR) is 137 cm³/mol. The molecule has 0 bridgehead atoms. The number of piperidine rings is 2. The number of nitrogens with zero attached hydrogens (tertiary/aromatic N) is 3. The number of benzene rings is 1. The summed E-state index contributed by atoms with van der Waals surface area (Å²) in [4.78, 5) is 15.6. The van der Waals surface area contributed by atoms with E-state index < -0.39 is 33.3 Å². The Hall–Kier alpha value is -1.78. The first-order chi connectivity index (χ1) is 16.7. The van der Waals surface area contributed by atoms with Crippen LogP contribution in [0.2, 0.25) is 0 Å². The largest absolute Gasteiger partial charge is 0.465 e. The number of amides is 1. The van der Waals surface area contributed by atoms with E-state index in [-0.39, 0.29) is 11.8 Å². The van der Waals surface area contributed by atoms with Crippen LogP contribution in [0, 0.1) is 23.5 Å². The number of rotatable bonds is 8. The summed E-state index contributed by atoms with van der Waals surface area (Å²) in [6.45, 7) is 9.61. The lowest BCUT2D eigenvalue weighted by atomic mass is 9.78. The highest BCUT2D eigenvalue weighted by atomic mass is 32.2. The second-order valence-electron chi connectivity index (χ2n) is 11.4. The van der Waals surface area contributed by atoms with Crippen molar-refractivity contribution in [2.75, 3.05) is 45.5 Å². The molecular formula is C26H41F2N3O4S. The molecule has 204 valence electrons. The second kappa shape index (κ2) is 11.7. The van der Waals surface area contributed by atoms with E-state index in [1.807, 2.05) is 20.8 Å². The molecule has 1 amide bonds. The third-order valence-corrected chi connectivity index (χ3v) is 9.10. The molecule has 2 saturated heterocycles. The molecule has 2 heterocycles. The van der Waals surface area contributed by atoms with Crippen molar-refractivity contribution >= 4 is 16.1 Å². The number of hydrogen-bond donors (Lipinski definition) is 1. The normalized spacial score (nSPS) is 20.4. The van der Waals surface area contributed by atoms with Gasteiger partial charge in [0.15, 0.2) is 0 Å². The Kier molecular flexibility index (Phi) is 9.38. The lowest BCUT2D eigenvalue weighted by Gasteiger charge is -2.40. The third-order valence-electron chi connectivity index (χ3n) is 7.79. The second-order valence-corrected chi connectivity index (χ2v) is 13.4. The number of likely N-dealkylation sites (tertiary alicyclic amines) is 1. The van der Waals surface area contributed by atoms with Crippen LogP contribution in [0.3, 0.4) is 0 Å². The average Bonchev–Trinajstić information content (AvgIpc) is 2.76. The summed E-state index contributed by atoms with van der Waals surface area (Å²) >= 11 is 0. The van der Waals surface area contributed by atoms with Crippen LogP contribution in [0.15, 0.2) is 18.2 Å². The van der Waals surface area contributed by atoms with E-state index in [0.29, 0.717) is 44.0 Å². The lowest BCUT2D eigenvalue weighted by Crippen LogP contribution is -2.49. The zero-order valence-electron chi connectivity index (χ0n) is 21.9. The van der Waals surface area contributed by atoms with E-state index in [4.69, 9.17) is 0 Å². The summed E-state index contributed by atoms with van der Waals surface area (Å²) in [6.07, 6.45) is 4.20. The smallest absolute Gasteiger partial charge is 0.407 e. The molecule has 0 radical (unpaired) electrons. The van der Waals surface area contributed by atoms with Crippen molar-refractivity contribution in [3.8, 4) is 0 Å². The fraction of sp³-hybridized carbons (Fsp3) is 0.731. The minimum absolute atomic E-state index is 0.0574. The van der Waals surface area contributed by atoms with Crippen LogP contribution >= 0.6 is 0 Å². The van der Waals surface area contributed by atoms with Gasteiger partial charge in [-0.05, 0) is 108 Å². The molecule has 2 aliphatic rings. The van der Waals surface area contributed by atoms with Gasteiger partial charge in [0.25, 0.3) is 0 Å². The SMILES string of the molecule is CC(C)(C)N(CC1CCN(CCC(c2cc(F)cc(F)c2)C2CCN(S(C)(=O)=O)CC2)CC1)C(=O)O. The molecule has 0 aliphatic carbocycles. The zero-order valence-corrected chi connectivity index (χ0v) is 22.7. The van der Waals surface area contributed by atoms with Gasteiger partial charge in [-0.15, -0.1) is 0 Å². The highest BCUT2D eigenvalue weighted by Crippen LogP contribution is 2.37. The minimum Gasteiger partial charge on any atom is -0.465 e. The maximum atomic E-state index is 14.1. The summed E-state index contributed by atoms with van der Waals surface area (Å²) in [5, 5.41) is 9.59. The molecule has 1 N–H and O–H groups in total. The Morgan fingerprint density at radius 2 is 1.61 bits per heavy atom. The first kappa shape index (κ1) is 28.8. The topological polar surface area (TPSA) is 81.2 Å². The molecule has 0 saturated carbocycles. The van der Waals surface area contributed by atoms with Gasteiger partial charge in [0.1, 0.15) is 11.6 Å². The Morgan fingerprint density at radius 1 is 1.06 bits per heavy atom. The van der Waals surface area contributed by atoms with Crippen LogP contribution in [0.5, 0.6) is 0 Å². The average molecular weight is 530 g/mol. The van der Waals surface area contributed by atoms with Crippen LogP contribution in [0.1, 0.15) is 64.4 Å². The number of hydrogen-bond acceptors (Lipinski definition) is 4. The summed E-state index contributed by atoms with van der Waals surface area (Å²) < 4.78 is 53.5. The number of sulfonamides is 1. The Labute approximate surface area is 214 Å². The molecule has 7 nitrogen and oxygen atoms in total. The number of carbonyl (C=O) groups is 1. The van der Waals surface area contributed by atoms with Gasteiger partial charge >= 0.3 is 6.09 Å². The van der Waals surface area contributed by atoms with Crippen molar-refractivity contribution in [3.63, 3.8) is 0 Å². The van der Waals surface area contributed by atoms with E-state index in [2.05, 4.69) is 4.90 Å². The summed E-state index contributed by atoms with van der Waals surface area (Å²) in [5.74, 6) is -0.780. The Morgan fingerprint density at radius 3 is 2.08 bits per heavy atom. The van der Waals surface area contributed by atoms with E-state index in [1.165, 1.54) is 27.6 Å². The van der Waals surface area contributed by atoms with Crippen LogP contribution in [-0.2, 0) is 10.0 Å². The van der Waals surface area contributed by atoms with Gasteiger partial charge in [0.2, 0.25) is 10.0 Å². The highest BCUT2D eigenvalue weighted by molar-refractivity contribution is 7.88. The van der Waals surface area contributed by atoms with Crippen LogP contribution in [0.4, 0.5) is 13.6 Å². The van der Waals surface area contributed by atoms with Crippen molar-refractivity contribution in [1.82, 2.24) is 14.1 Å². The molecule has 1 aromatic carbocycles. The molecule has 10 heteroatoms. The first-order valence-corrected chi connectivity index (χ1v) is 14.7. The van der Waals surface area contributed by atoms with Crippen LogP contribution in [-0.4, -0.2) is 84.8 Å². The predicted octanol–water partition coefficient (Wildman–Crippen LogP) is 4.60. The molecule has 2 fully saturated rings. The van der Waals surface area contributed by atoms with Crippen molar-refractivity contribution < 1.29 is 27.1 Å². The summed E-state index contributed by atoms with van der Waals surface area (Å²) in [5.41, 5.74) is 0.200. The zero-order chi connectivity index (χ0) is 26.7. The molecule has 1 aromatic rings. The van der Waals surface area contributed by atoms with Gasteiger partial charge in [0.05, 0.1) is 6.26 Å². The van der Waals surface area contributed by atoms with Gasteiger partial charge in [-0.1, -0.05) is 0 Å². The molecule has 2 aliphatic heterocycles. The van der Waals surface area contributed by atoms with Gasteiger partial charge in [-0.3, -0.25) is 0 Å². The van der Waals surface area contributed by atoms with E-state index in [1.54, 1.807) is 0 Å². The first-order valence-electron chi connectivity index (χ1n) is 12.9. The minimum atomic E-state index is -3.25. The quantitative estimate of drug-likeness (QED) is 0.532. The highest BCUT2D eigenvalue weighted by Gasteiger charge is 2.33. The summed E-state index contributed by atoms with van der Waals surface area (Å²) in [7, 11) is -3.25. The van der Waals surface area contributed by atoms with Gasteiger partial charge in [-0.2, -0.15) is 0 Å². The lowest BCUT2D eigenvalue weighted by molar-refractivity contribution is 0.0733. The molecule has 1 atom stereocenters. The van der Waals surface area contributed by atoms with E-state index in [0.717, 1.165) is 45.0 Å². The van der Waals surface area contributed by atoms with Crippen molar-refractivity contribution in [3.05, 3.63) is 35.4 Å². The van der Waals surface area contributed by atoms with Gasteiger partial charge < -0.3 is 14.9 Å². The molecule has 0 aromatic heterocycles. The fourth-order valence-corrected chi connectivity index (χ4v) is 6.56. The standard InChI is InChI=1S/C26H41F2N3O4S/c1-26(2,3)31(25(32)33)18-19-5-10-29(11-6-19)12-9-24(21-15-22(27)17-23(28)16-21)20-7-13-30(14-8-20)36(4,34)35/h15-17,19-20,24H,5-14,18H2,1-4H3,(H,32,33). The molecule has 1 unspecified atom stereocenters. The number of carboxylic acid groups (broad SMARTS) is 1. The molecular weight excluding hydrogens is 488 g/mol. The van der Waals surface area contributed by atoms with E-state index >= 15 is 0 Å².